The molecule has 0 spiro atoms. The van der Waals surface area contributed by atoms with Gasteiger partial charge in [-0.3, -0.25) is 4.90 Å². The van der Waals surface area contributed by atoms with Crippen LogP contribution in [-0.4, -0.2) is 42.8 Å². The lowest BCUT2D eigenvalue weighted by Crippen LogP contribution is -2.32. The number of alkyl halides is 3. The van der Waals surface area contributed by atoms with Crippen LogP contribution in [0.1, 0.15) is 12.0 Å². The van der Waals surface area contributed by atoms with Gasteiger partial charge in [-0.1, -0.05) is 12.2 Å². The van der Waals surface area contributed by atoms with Crippen molar-refractivity contribution in [2.24, 2.45) is 5.73 Å². The Kier molecular flexibility index (Phi) is 6.22. The summed E-state index contributed by atoms with van der Waals surface area (Å²) < 4.78 is 41.7. The van der Waals surface area contributed by atoms with Crippen molar-refractivity contribution in [2.75, 3.05) is 26.7 Å². The van der Waals surface area contributed by atoms with Gasteiger partial charge in [0.05, 0.1) is 13.2 Å². The Morgan fingerprint density at radius 3 is 2.40 bits per heavy atom. The number of rotatable bonds is 7. The Bertz CT molecular complexity index is 434. The molecule has 7 heteroatoms. The van der Waals surface area contributed by atoms with E-state index in [0.717, 1.165) is 5.56 Å². The molecule has 0 fully saturated rings. The van der Waals surface area contributed by atoms with Crippen LogP contribution in [0.5, 0.6) is 5.75 Å². The molecule has 2 N–H and O–H groups in total. The molecule has 0 saturated heterocycles. The molecule has 1 aromatic carbocycles. The number of hydrogen-bond acceptors (Lipinski definition) is 3. The molecule has 0 bridgehead atoms. The number of ether oxygens (including phenoxy) is 1. The van der Waals surface area contributed by atoms with Crippen LogP contribution in [-0.2, 0) is 0 Å². The van der Waals surface area contributed by atoms with E-state index >= 15 is 0 Å². The van der Waals surface area contributed by atoms with Crippen LogP contribution in [0.25, 0.3) is 0 Å². The summed E-state index contributed by atoms with van der Waals surface area (Å²) in [5.74, 6) is 0.642. The van der Waals surface area contributed by atoms with Gasteiger partial charge < -0.3 is 10.5 Å². The van der Waals surface area contributed by atoms with Crippen LogP contribution in [0, 0.1) is 0 Å². The predicted molar refractivity (Wildman–Crippen MR) is 76.0 cm³/mol. The van der Waals surface area contributed by atoms with Gasteiger partial charge in [0, 0.05) is 12.1 Å². The fourth-order valence-corrected chi connectivity index (χ4v) is 1.76. The molecule has 0 saturated carbocycles. The average molecular weight is 306 g/mol. The molecule has 0 unspecified atom stereocenters. The molecule has 0 aromatic heterocycles. The van der Waals surface area contributed by atoms with Crippen molar-refractivity contribution in [3.63, 3.8) is 0 Å². The summed E-state index contributed by atoms with van der Waals surface area (Å²) in [5, 5.41) is 0. The number of hydrogen-bond donors (Lipinski definition) is 1. The highest BCUT2D eigenvalue weighted by atomic mass is 32.1. The fourth-order valence-electron chi connectivity index (χ4n) is 1.63. The van der Waals surface area contributed by atoms with Crippen molar-refractivity contribution in [3.8, 4) is 5.75 Å². The van der Waals surface area contributed by atoms with Gasteiger partial charge in [-0.25, -0.2) is 0 Å². The second-order valence-corrected chi connectivity index (χ2v) is 4.88. The second kappa shape index (κ2) is 7.44. The molecule has 0 aliphatic carbocycles. The Hall–Kier alpha value is -1.34. The lowest BCUT2D eigenvalue weighted by atomic mass is 10.2. The molecule has 1 rings (SSSR count). The van der Waals surface area contributed by atoms with Gasteiger partial charge in [-0.05, 0) is 37.7 Å². The van der Waals surface area contributed by atoms with Gasteiger partial charge in [0.15, 0.2) is 0 Å². The van der Waals surface area contributed by atoms with Gasteiger partial charge in [0.2, 0.25) is 0 Å². The quantitative estimate of drug-likeness (QED) is 0.621. The molecule has 112 valence electrons. The zero-order chi connectivity index (χ0) is 15.2. The van der Waals surface area contributed by atoms with Crippen molar-refractivity contribution in [1.29, 1.82) is 0 Å². The van der Waals surface area contributed by atoms with E-state index in [4.69, 9.17) is 22.7 Å². The van der Waals surface area contributed by atoms with E-state index < -0.39 is 12.7 Å². The minimum atomic E-state index is -4.16. The maximum Gasteiger partial charge on any atom is 0.401 e. The summed E-state index contributed by atoms with van der Waals surface area (Å²) in [6.45, 7) is -0.227. The van der Waals surface area contributed by atoms with E-state index in [9.17, 15) is 13.2 Å². The third kappa shape index (κ3) is 6.72. The summed E-state index contributed by atoms with van der Waals surface area (Å²) in [6, 6.07) is 6.95. The van der Waals surface area contributed by atoms with Crippen molar-refractivity contribution >= 4 is 17.2 Å². The first-order valence-corrected chi connectivity index (χ1v) is 6.47. The molecule has 0 aliphatic rings. The molecule has 3 nitrogen and oxygen atoms in total. The smallest absolute Gasteiger partial charge is 0.401 e. The van der Waals surface area contributed by atoms with Crippen LogP contribution in [0.3, 0.4) is 0 Å². The van der Waals surface area contributed by atoms with Gasteiger partial charge >= 0.3 is 6.18 Å². The highest BCUT2D eigenvalue weighted by Gasteiger charge is 2.28. The lowest BCUT2D eigenvalue weighted by Gasteiger charge is -2.18. The first kappa shape index (κ1) is 16.7. The maximum atomic E-state index is 12.1. The zero-order valence-electron chi connectivity index (χ0n) is 11.1. The van der Waals surface area contributed by atoms with E-state index in [1.54, 1.807) is 24.3 Å². The summed E-state index contributed by atoms with van der Waals surface area (Å²) in [4.78, 5) is 1.53. The number of benzene rings is 1. The van der Waals surface area contributed by atoms with Crippen LogP contribution < -0.4 is 10.5 Å². The normalized spacial score (nSPS) is 11.7. The van der Waals surface area contributed by atoms with Crippen LogP contribution in [0.4, 0.5) is 13.2 Å². The van der Waals surface area contributed by atoms with Gasteiger partial charge in [-0.2, -0.15) is 13.2 Å². The van der Waals surface area contributed by atoms with Crippen molar-refractivity contribution in [1.82, 2.24) is 4.90 Å². The largest absolute Gasteiger partial charge is 0.494 e. The molecule has 0 radical (unpaired) electrons. The third-order valence-corrected chi connectivity index (χ3v) is 2.78. The topological polar surface area (TPSA) is 38.5 Å². The van der Waals surface area contributed by atoms with Gasteiger partial charge in [-0.15, -0.1) is 0 Å². The Balaban J connectivity index is 2.26. The molecular weight excluding hydrogens is 289 g/mol. The van der Waals surface area contributed by atoms with E-state index in [1.807, 2.05) is 0 Å². The Morgan fingerprint density at radius 2 is 1.90 bits per heavy atom. The van der Waals surface area contributed by atoms with Crippen molar-refractivity contribution in [2.45, 2.75) is 12.6 Å². The fraction of sp³-hybridized carbons (Fsp3) is 0.462. The molecular formula is C13H17F3N2OS. The number of thiocarbonyl (C=S) groups is 1. The molecule has 0 amide bonds. The van der Waals surface area contributed by atoms with Crippen LogP contribution >= 0.6 is 12.2 Å². The summed E-state index contributed by atoms with van der Waals surface area (Å²) >= 11 is 4.82. The monoisotopic (exact) mass is 306 g/mol. The summed E-state index contributed by atoms with van der Waals surface area (Å²) in [6.07, 6.45) is -3.64. The van der Waals surface area contributed by atoms with E-state index in [-0.39, 0.29) is 0 Å². The molecule has 0 aliphatic heterocycles. The van der Waals surface area contributed by atoms with Gasteiger partial charge in [0.1, 0.15) is 10.7 Å². The standard InChI is InChI=1S/C13H17F3N2OS/c1-18(9-13(14,15)16)7-2-8-19-11-5-3-10(4-6-11)12(17)20/h3-6H,2,7-9H2,1H3,(H2,17,20). The molecule has 0 atom stereocenters. The van der Waals surface area contributed by atoms with E-state index in [0.29, 0.717) is 30.3 Å². The van der Waals surface area contributed by atoms with Crippen LogP contribution in [0.15, 0.2) is 24.3 Å². The second-order valence-electron chi connectivity index (χ2n) is 4.44. The molecule has 0 heterocycles. The average Bonchev–Trinajstić information content (AvgIpc) is 2.33. The molecule has 1 aromatic rings. The van der Waals surface area contributed by atoms with Gasteiger partial charge in [0.25, 0.3) is 0 Å². The number of halogens is 3. The highest BCUT2D eigenvalue weighted by molar-refractivity contribution is 7.80. The lowest BCUT2D eigenvalue weighted by molar-refractivity contribution is -0.143. The first-order chi connectivity index (χ1) is 9.28. The minimum absolute atomic E-state index is 0.310. The highest BCUT2D eigenvalue weighted by Crippen LogP contribution is 2.16. The van der Waals surface area contributed by atoms with E-state index in [2.05, 4.69) is 0 Å². The minimum Gasteiger partial charge on any atom is -0.494 e. The first-order valence-electron chi connectivity index (χ1n) is 6.06. The molecule has 20 heavy (non-hydrogen) atoms. The van der Waals surface area contributed by atoms with Crippen molar-refractivity contribution < 1.29 is 17.9 Å². The zero-order valence-corrected chi connectivity index (χ0v) is 11.9. The SMILES string of the molecule is CN(CCCOc1ccc(C(N)=S)cc1)CC(F)(F)F. The van der Waals surface area contributed by atoms with Crippen LogP contribution in [0.2, 0.25) is 0 Å². The maximum absolute atomic E-state index is 12.1. The van der Waals surface area contributed by atoms with E-state index in [1.165, 1.54) is 11.9 Å². The Morgan fingerprint density at radius 1 is 1.30 bits per heavy atom. The number of nitrogens with two attached hydrogens (primary N) is 1. The number of nitrogens with zero attached hydrogens (tertiary/aromatic N) is 1. The summed E-state index contributed by atoms with van der Waals surface area (Å²) in [5.41, 5.74) is 6.21. The Labute approximate surface area is 121 Å². The predicted octanol–water partition coefficient (Wildman–Crippen LogP) is 2.58. The third-order valence-electron chi connectivity index (χ3n) is 2.54. The summed E-state index contributed by atoms with van der Waals surface area (Å²) in [7, 11) is 1.43. The van der Waals surface area contributed by atoms with Crippen molar-refractivity contribution in [3.05, 3.63) is 29.8 Å².